The Morgan fingerprint density at radius 1 is 1.53 bits per heavy atom. The van der Waals surface area contributed by atoms with Gasteiger partial charge in [0.2, 0.25) is 5.56 Å². The molecule has 0 aliphatic carbocycles. The molecule has 0 atom stereocenters. The molecule has 0 saturated heterocycles. The minimum atomic E-state index is -0.250. The number of aromatic nitrogens is 1. The molecule has 0 spiro atoms. The standard InChI is InChI=1S/C12H17BrN2O2/c1-9(2)15(7-3-5-13)12(17)10-4-6-14-11(16)8-10/h4,6,8-9H,3,5,7H2,1-2H3,(H,14,16). The molecule has 1 rings (SSSR count). The molecule has 1 heterocycles. The van der Waals surface area contributed by atoms with Crippen LogP contribution in [-0.2, 0) is 0 Å². The van der Waals surface area contributed by atoms with E-state index in [-0.39, 0.29) is 17.5 Å². The number of rotatable bonds is 5. The van der Waals surface area contributed by atoms with E-state index in [1.807, 2.05) is 13.8 Å². The molecule has 1 amide bonds. The van der Waals surface area contributed by atoms with Gasteiger partial charge in [-0.2, -0.15) is 0 Å². The van der Waals surface area contributed by atoms with E-state index < -0.39 is 0 Å². The number of nitrogens with one attached hydrogen (secondary N) is 1. The molecule has 0 saturated carbocycles. The van der Waals surface area contributed by atoms with Gasteiger partial charge in [-0.1, -0.05) is 15.9 Å². The average molecular weight is 301 g/mol. The third kappa shape index (κ3) is 4.00. The van der Waals surface area contributed by atoms with Crippen LogP contribution >= 0.6 is 15.9 Å². The van der Waals surface area contributed by atoms with Crippen molar-refractivity contribution in [2.45, 2.75) is 26.3 Å². The van der Waals surface area contributed by atoms with Crippen LogP contribution in [0.2, 0.25) is 0 Å². The summed E-state index contributed by atoms with van der Waals surface area (Å²) >= 11 is 3.35. The highest BCUT2D eigenvalue weighted by Crippen LogP contribution is 2.08. The number of halogens is 1. The minimum Gasteiger partial charge on any atom is -0.336 e. The maximum Gasteiger partial charge on any atom is 0.254 e. The van der Waals surface area contributed by atoms with Gasteiger partial charge in [0.15, 0.2) is 0 Å². The van der Waals surface area contributed by atoms with E-state index in [0.29, 0.717) is 12.1 Å². The molecule has 1 aromatic heterocycles. The van der Waals surface area contributed by atoms with Gasteiger partial charge in [-0.05, 0) is 26.3 Å². The lowest BCUT2D eigenvalue weighted by Gasteiger charge is -2.26. The summed E-state index contributed by atoms with van der Waals surface area (Å²) in [6.07, 6.45) is 2.39. The summed E-state index contributed by atoms with van der Waals surface area (Å²) in [7, 11) is 0. The maximum absolute atomic E-state index is 12.2. The monoisotopic (exact) mass is 300 g/mol. The highest BCUT2D eigenvalue weighted by atomic mass is 79.9. The van der Waals surface area contributed by atoms with E-state index >= 15 is 0 Å². The Morgan fingerprint density at radius 3 is 2.76 bits per heavy atom. The van der Waals surface area contributed by atoms with Crippen molar-refractivity contribution in [3.63, 3.8) is 0 Å². The molecule has 0 aliphatic heterocycles. The molecule has 4 nitrogen and oxygen atoms in total. The first kappa shape index (κ1) is 14.0. The van der Waals surface area contributed by atoms with Crippen molar-refractivity contribution < 1.29 is 4.79 Å². The summed E-state index contributed by atoms with van der Waals surface area (Å²) in [6, 6.07) is 3.10. The van der Waals surface area contributed by atoms with Crippen LogP contribution in [0.1, 0.15) is 30.6 Å². The van der Waals surface area contributed by atoms with E-state index in [0.717, 1.165) is 11.8 Å². The van der Waals surface area contributed by atoms with Gasteiger partial charge in [0, 0.05) is 35.7 Å². The van der Waals surface area contributed by atoms with E-state index in [1.54, 1.807) is 11.0 Å². The van der Waals surface area contributed by atoms with Crippen LogP contribution < -0.4 is 5.56 Å². The van der Waals surface area contributed by atoms with Gasteiger partial charge in [-0.25, -0.2) is 0 Å². The Bertz CT molecular complexity index is 429. The zero-order valence-corrected chi connectivity index (χ0v) is 11.7. The minimum absolute atomic E-state index is 0.0907. The van der Waals surface area contributed by atoms with Crippen LogP contribution in [0.25, 0.3) is 0 Å². The predicted octanol–water partition coefficient (Wildman–Crippen LogP) is 2.01. The smallest absolute Gasteiger partial charge is 0.254 e. The highest BCUT2D eigenvalue weighted by Gasteiger charge is 2.18. The molecule has 1 aromatic rings. The van der Waals surface area contributed by atoms with Crippen molar-refractivity contribution in [1.82, 2.24) is 9.88 Å². The fraction of sp³-hybridized carbons (Fsp3) is 0.500. The normalized spacial score (nSPS) is 10.6. The van der Waals surface area contributed by atoms with Crippen molar-refractivity contribution >= 4 is 21.8 Å². The second-order valence-corrected chi connectivity index (χ2v) is 4.87. The Hall–Kier alpha value is -1.10. The number of carbonyl (C=O) groups excluding carboxylic acids is 1. The summed E-state index contributed by atoms with van der Waals surface area (Å²) < 4.78 is 0. The van der Waals surface area contributed by atoms with Crippen molar-refractivity contribution in [1.29, 1.82) is 0 Å². The van der Waals surface area contributed by atoms with Crippen LogP contribution in [0.5, 0.6) is 0 Å². The number of carbonyl (C=O) groups is 1. The van der Waals surface area contributed by atoms with Gasteiger partial charge in [-0.3, -0.25) is 9.59 Å². The van der Waals surface area contributed by atoms with Gasteiger partial charge >= 0.3 is 0 Å². The number of pyridine rings is 1. The van der Waals surface area contributed by atoms with E-state index in [1.165, 1.54) is 12.3 Å². The molecule has 0 radical (unpaired) electrons. The van der Waals surface area contributed by atoms with Crippen LogP contribution in [0.4, 0.5) is 0 Å². The first-order chi connectivity index (χ1) is 8.06. The molecule has 17 heavy (non-hydrogen) atoms. The Labute approximate surface area is 109 Å². The molecule has 94 valence electrons. The Balaban J connectivity index is 2.87. The lowest BCUT2D eigenvalue weighted by molar-refractivity contribution is 0.0706. The molecule has 0 aromatic carbocycles. The van der Waals surface area contributed by atoms with Gasteiger partial charge in [0.25, 0.3) is 5.91 Å². The van der Waals surface area contributed by atoms with E-state index in [2.05, 4.69) is 20.9 Å². The van der Waals surface area contributed by atoms with Crippen molar-refractivity contribution in [3.05, 3.63) is 34.2 Å². The molecular formula is C12H17BrN2O2. The maximum atomic E-state index is 12.2. The van der Waals surface area contributed by atoms with Gasteiger partial charge in [0.1, 0.15) is 0 Å². The van der Waals surface area contributed by atoms with Crippen molar-refractivity contribution in [3.8, 4) is 0 Å². The average Bonchev–Trinajstić information content (AvgIpc) is 2.29. The number of nitrogens with zero attached hydrogens (tertiary/aromatic N) is 1. The second kappa shape index (κ2) is 6.59. The number of H-pyrrole nitrogens is 1. The van der Waals surface area contributed by atoms with Gasteiger partial charge in [0.05, 0.1) is 0 Å². The molecule has 0 bridgehead atoms. The molecule has 1 N–H and O–H groups in total. The van der Waals surface area contributed by atoms with Gasteiger partial charge in [-0.15, -0.1) is 0 Å². The summed E-state index contributed by atoms with van der Waals surface area (Å²) in [4.78, 5) is 27.6. The number of aromatic amines is 1. The largest absolute Gasteiger partial charge is 0.336 e. The summed E-state index contributed by atoms with van der Waals surface area (Å²) in [6.45, 7) is 4.63. The molecule has 0 unspecified atom stereocenters. The number of hydrogen-bond acceptors (Lipinski definition) is 2. The van der Waals surface area contributed by atoms with Crippen LogP contribution in [-0.4, -0.2) is 33.7 Å². The fourth-order valence-corrected chi connectivity index (χ4v) is 1.82. The quantitative estimate of drug-likeness (QED) is 0.846. The van der Waals surface area contributed by atoms with Crippen molar-refractivity contribution in [2.75, 3.05) is 11.9 Å². The Kier molecular flexibility index (Phi) is 5.41. The Morgan fingerprint density at radius 2 is 2.24 bits per heavy atom. The number of amides is 1. The number of alkyl halides is 1. The van der Waals surface area contributed by atoms with Crippen molar-refractivity contribution in [2.24, 2.45) is 0 Å². The van der Waals surface area contributed by atoms with Gasteiger partial charge < -0.3 is 9.88 Å². The molecule has 0 fully saturated rings. The van der Waals surface area contributed by atoms with E-state index in [9.17, 15) is 9.59 Å². The molecule has 5 heteroatoms. The zero-order valence-electron chi connectivity index (χ0n) is 10.1. The first-order valence-electron chi connectivity index (χ1n) is 5.62. The lowest BCUT2D eigenvalue weighted by Crippen LogP contribution is -2.38. The third-order valence-corrected chi connectivity index (χ3v) is 3.00. The third-order valence-electron chi connectivity index (χ3n) is 2.44. The summed E-state index contributed by atoms with van der Waals surface area (Å²) in [5.41, 5.74) is 0.192. The van der Waals surface area contributed by atoms with Crippen LogP contribution in [0.15, 0.2) is 23.1 Å². The molecular weight excluding hydrogens is 284 g/mol. The highest BCUT2D eigenvalue weighted by molar-refractivity contribution is 9.09. The molecule has 0 aliphatic rings. The number of hydrogen-bond donors (Lipinski definition) is 1. The fourth-order valence-electron chi connectivity index (χ4n) is 1.57. The van der Waals surface area contributed by atoms with Crippen LogP contribution in [0.3, 0.4) is 0 Å². The zero-order chi connectivity index (χ0) is 12.8. The SMILES string of the molecule is CC(C)N(CCCBr)C(=O)c1cc[nH]c(=O)c1. The first-order valence-corrected chi connectivity index (χ1v) is 6.74. The second-order valence-electron chi connectivity index (χ2n) is 4.08. The van der Waals surface area contributed by atoms with Crippen LogP contribution in [0, 0.1) is 0 Å². The topological polar surface area (TPSA) is 53.2 Å². The predicted molar refractivity (Wildman–Crippen MR) is 71.6 cm³/mol. The summed E-state index contributed by atoms with van der Waals surface area (Å²) in [5, 5.41) is 0.860. The van der Waals surface area contributed by atoms with E-state index in [4.69, 9.17) is 0 Å². The summed E-state index contributed by atoms with van der Waals surface area (Å²) in [5.74, 6) is -0.0907. The lowest BCUT2D eigenvalue weighted by atomic mass is 10.2.